The predicted molar refractivity (Wildman–Crippen MR) is 29.5 cm³/mol. The Morgan fingerprint density at radius 1 is 1.62 bits per heavy atom. The molecule has 1 saturated heterocycles. The summed E-state index contributed by atoms with van der Waals surface area (Å²) in [5.41, 5.74) is 0. The molecule has 0 aliphatic carbocycles. The fraction of sp³-hybridized carbons (Fsp3) is 1.00. The van der Waals surface area contributed by atoms with Gasteiger partial charge in [-0.2, -0.15) is 0 Å². The molecule has 0 N–H and O–H groups in total. The van der Waals surface area contributed by atoms with E-state index in [0.717, 1.165) is 19.4 Å². The summed E-state index contributed by atoms with van der Waals surface area (Å²) in [5, 5.41) is 0. The van der Waals surface area contributed by atoms with Gasteiger partial charge in [0.2, 0.25) is 0 Å². The topological polar surface area (TPSA) is 9.23 Å². The summed E-state index contributed by atoms with van der Waals surface area (Å²) in [6.45, 7) is 1.26. The zero-order valence-corrected chi connectivity index (χ0v) is 4.90. The molecule has 0 amide bonds. The third-order valence-electron chi connectivity index (χ3n) is 1.47. The number of ether oxygens (including phenoxy) is 1. The van der Waals surface area contributed by atoms with Crippen molar-refractivity contribution in [3.63, 3.8) is 0 Å². The normalized spacial score (nSPS) is 30.4. The molecule has 0 spiro atoms. The summed E-state index contributed by atoms with van der Waals surface area (Å²) >= 11 is 0. The lowest BCUT2D eigenvalue weighted by Crippen LogP contribution is -2.18. The van der Waals surface area contributed by atoms with E-state index in [2.05, 4.69) is 0 Å². The lowest BCUT2D eigenvalue weighted by molar-refractivity contribution is 0.0452. The smallest absolute Gasteiger partial charge is 0.0944 e. The average molecular weight is 118 g/mol. The summed E-state index contributed by atoms with van der Waals surface area (Å²) < 4.78 is 16.8. The van der Waals surface area contributed by atoms with Crippen molar-refractivity contribution in [2.75, 3.05) is 19.9 Å². The van der Waals surface area contributed by atoms with Crippen LogP contribution in [0.2, 0.25) is 0 Å². The molecule has 1 fully saturated rings. The fourth-order valence-corrected chi connectivity index (χ4v) is 0.929. The van der Waals surface area contributed by atoms with Crippen LogP contribution in [0.3, 0.4) is 0 Å². The van der Waals surface area contributed by atoms with Crippen LogP contribution in [-0.4, -0.2) is 19.9 Å². The zero-order chi connectivity index (χ0) is 5.82. The minimum absolute atomic E-state index is 0.198. The maximum Gasteiger partial charge on any atom is 0.0944 e. The molecule has 1 aliphatic heterocycles. The molecule has 2 heteroatoms. The summed E-state index contributed by atoms with van der Waals surface area (Å²) in [4.78, 5) is 0. The van der Waals surface area contributed by atoms with Gasteiger partial charge in [-0.15, -0.1) is 0 Å². The van der Waals surface area contributed by atoms with E-state index >= 15 is 0 Å². The lowest BCUT2D eigenvalue weighted by Gasteiger charge is -2.18. The van der Waals surface area contributed by atoms with Crippen molar-refractivity contribution >= 4 is 0 Å². The first-order valence-corrected chi connectivity index (χ1v) is 3.07. The van der Waals surface area contributed by atoms with E-state index in [4.69, 9.17) is 4.74 Å². The number of halogens is 1. The second kappa shape index (κ2) is 3.02. The number of rotatable bonds is 1. The Balaban J connectivity index is 2.13. The molecular formula is C6H11FO. The summed E-state index contributed by atoms with van der Waals surface area (Å²) in [6.07, 6.45) is 2.05. The fourth-order valence-electron chi connectivity index (χ4n) is 0.929. The van der Waals surface area contributed by atoms with Crippen LogP contribution in [0.4, 0.5) is 4.39 Å². The van der Waals surface area contributed by atoms with Gasteiger partial charge in [0.25, 0.3) is 0 Å². The summed E-state index contributed by atoms with van der Waals surface area (Å²) in [7, 11) is 0. The number of hydrogen-bond donors (Lipinski definition) is 0. The second-order valence-electron chi connectivity index (χ2n) is 2.24. The highest BCUT2D eigenvalue weighted by Gasteiger charge is 2.12. The minimum atomic E-state index is -0.208. The highest BCUT2D eigenvalue weighted by molar-refractivity contribution is 4.60. The Morgan fingerprint density at radius 3 is 2.88 bits per heavy atom. The Bertz CT molecular complexity index is 59.5. The number of alkyl halides is 1. The van der Waals surface area contributed by atoms with Crippen molar-refractivity contribution in [3.05, 3.63) is 0 Å². The van der Waals surface area contributed by atoms with Gasteiger partial charge >= 0.3 is 0 Å². The Morgan fingerprint density at radius 2 is 2.50 bits per heavy atom. The monoisotopic (exact) mass is 118 g/mol. The molecule has 48 valence electrons. The molecule has 0 aromatic carbocycles. The van der Waals surface area contributed by atoms with Crippen molar-refractivity contribution in [3.8, 4) is 0 Å². The van der Waals surface area contributed by atoms with Gasteiger partial charge in [-0.05, 0) is 12.8 Å². The molecule has 0 aromatic heterocycles. The van der Waals surface area contributed by atoms with E-state index in [1.165, 1.54) is 0 Å². The molecule has 1 atom stereocenters. The molecule has 1 rings (SSSR count). The third-order valence-corrected chi connectivity index (χ3v) is 1.47. The highest BCUT2D eigenvalue weighted by atomic mass is 19.1. The first-order chi connectivity index (χ1) is 3.93. The molecule has 0 bridgehead atoms. The Kier molecular flexibility index (Phi) is 2.27. The number of hydrogen-bond acceptors (Lipinski definition) is 1. The van der Waals surface area contributed by atoms with Crippen molar-refractivity contribution in [1.82, 2.24) is 0 Å². The predicted octanol–water partition coefficient (Wildman–Crippen LogP) is 1.38. The van der Waals surface area contributed by atoms with Crippen molar-refractivity contribution < 1.29 is 9.13 Å². The van der Waals surface area contributed by atoms with Crippen LogP contribution in [0, 0.1) is 5.92 Å². The van der Waals surface area contributed by atoms with Gasteiger partial charge in [0, 0.05) is 12.5 Å². The van der Waals surface area contributed by atoms with Gasteiger partial charge in [0.1, 0.15) is 0 Å². The minimum Gasteiger partial charge on any atom is -0.381 e. The summed E-state index contributed by atoms with van der Waals surface area (Å²) in [5.74, 6) is 0.198. The molecule has 0 unspecified atom stereocenters. The largest absolute Gasteiger partial charge is 0.381 e. The zero-order valence-electron chi connectivity index (χ0n) is 4.90. The molecule has 8 heavy (non-hydrogen) atoms. The molecule has 0 aromatic rings. The standard InChI is InChI=1S/C6H11FO/c7-4-6-2-1-3-8-5-6/h6H,1-5H2/t6-/m0/s1. The van der Waals surface area contributed by atoms with E-state index in [0.29, 0.717) is 6.61 Å². The van der Waals surface area contributed by atoms with Crippen LogP contribution in [0.5, 0.6) is 0 Å². The van der Waals surface area contributed by atoms with E-state index in [1.807, 2.05) is 0 Å². The maximum atomic E-state index is 11.8. The van der Waals surface area contributed by atoms with Crippen molar-refractivity contribution in [1.29, 1.82) is 0 Å². The van der Waals surface area contributed by atoms with Gasteiger partial charge in [-0.3, -0.25) is 4.39 Å². The van der Waals surface area contributed by atoms with E-state index in [1.54, 1.807) is 0 Å². The molecule has 0 radical (unpaired) electrons. The van der Waals surface area contributed by atoms with Crippen LogP contribution < -0.4 is 0 Å². The first kappa shape index (κ1) is 6.02. The van der Waals surface area contributed by atoms with Crippen molar-refractivity contribution in [2.24, 2.45) is 5.92 Å². The van der Waals surface area contributed by atoms with Gasteiger partial charge in [0.05, 0.1) is 13.3 Å². The van der Waals surface area contributed by atoms with Crippen LogP contribution in [0.1, 0.15) is 12.8 Å². The van der Waals surface area contributed by atoms with E-state index < -0.39 is 0 Å². The van der Waals surface area contributed by atoms with Gasteiger partial charge in [0.15, 0.2) is 0 Å². The quantitative estimate of drug-likeness (QED) is 0.505. The van der Waals surface area contributed by atoms with Gasteiger partial charge < -0.3 is 4.74 Å². The molecule has 1 aliphatic rings. The Labute approximate surface area is 48.8 Å². The SMILES string of the molecule is FC[C@@H]1CCCOC1. The van der Waals surface area contributed by atoms with Gasteiger partial charge in [-0.1, -0.05) is 0 Å². The maximum absolute atomic E-state index is 11.8. The second-order valence-corrected chi connectivity index (χ2v) is 2.24. The first-order valence-electron chi connectivity index (χ1n) is 3.07. The lowest BCUT2D eigenvalue weighted by atomic mass is 10.0. The van der Waals surface area contributed by atoms with Gasteiger partial charge in [-0.25, -0.2) is 0 Å². The highest BCUT2D eigenvalue weighted by Crippen LogP contribution is 2.12. The van der Waals surface area contributed by atoms with Crippen LogP contribution >= 0.6 is 0 Å². The summed E-state index contributed by atoms with van der Waals surface area (Å²) in [6, 6.07) is 0. The molecule has 1 nitrogen and oxygen atoms in total. The van der Waals surface area contributed by atoms with Crippen molar-refractivity contribution in [2.45, 2.75) is 12.8 Å². The average Bonchev–Trinajstić information content (AvgIpc) is 1.90. The molecule has 0 saturated carbocycles. The van der Waals surface area contributed by atoms with E-state index in [-0.39, 0.29) is 12.6 Å². The van der Waals surface area contributed by atoms with Crippen LogP contribution in [-0.2, 0) is 4.74 Å². The Hall–Kier alpha value is -0.110. The van der Waals surface area contributed by atoms with Crippen LogP contribution in [0.25, 0.3) is 0 Å². The van der Waals surface area contributed by atoms with Crippen LogP contribution in [0.15, 0.2) is 0 Å². The molecular weight excluding hydrogens is 107 g/mol. The third kappa shape index (κ3) is 1.44. The van der Waals surface area contributed by atoms with E-state index in [9.17, 15) is 4.39 Å². The molecule has 1 heterocycles.